The number of hydrogen-bond acceptors (Lipinski definition) is 19. The summed E-state index contributed by atoms with van der Waals surface area (Å²) in [7, 11) is -0.416. The van der Waals surface area contributed by atoms with E-state index in [4.69, 9.17) is 83.4 Å². The highest BCUT2D eigenvalue weighted by Gasteiger charge is 2.76. The lowest BCUT2D eigenvalue weighted by atomic mass is 9.81. The molecule has 0 aliphatic heterocycles. The van der Waals surface area contributed by atoms with Crippen molar-refractivity contribution >= 4 is 23.4 Å². The molecule has 0 amide bonds. The molecule has 21 heteroatoms. The fraction of sp³-hybridized carbons (Fsp3) is 0.979. The SMILES string of the molecule is CCCCCC(CC)(C(=O)C(CC)(CCCCC)[Si](OC(C)OC(C)OC)(OC(C)OC(C)OC)OC(C)OC(C)OC)[Si](OC(C)OC(C)OC)(OC(C)OC(C)OC)OC(C)OC(C)OC. The predicted molar refractivity (Wildman–Crippen MR) is 259 cm³/mol. The third kappa shape index (κ3) is 21.1. The topological polar surface area (TPSA) is 183 Å². The lowest BCUT2D eigenvalue weighted by molar-refractivity contribution is -0.256. The molecule has 14 atom stereocenters. The van der Waals surface area contributed by atoms with E-state index >= 15 is 4.79 Å². The van der Waals surface area contributed by atoms with E-state index in [1.807, 2.05) is 13.8 Å². The van der Waals surface area contributed by atoms with Crippen molar-refractivity contribution in [2.24, 2.45) is 0 Å². The van der Waals surface area contributed by atoms with Crippen molar-refractivity contribution in [3.63, 3.8) is 0 Å². The Morgan fingerprint density at radius 2 is 0.529 bits per heavy atom. The first-order valence-corrected chi connectivity index (χ1v) is 28.2. The Morgan fingerprint density at radius 3 is 0.676 bits per heavy atom. The van der Waals surface area contributed by atoms with E-state index < -0.39 is 103 Å². The van der Waals surface area contributed by atoms with E-state index in [1.54, 1.807) is 83.1 Å². The largest absolute Gasteiger partial charge is 0.521 e. The van der Waals surface area contributed by atoms with Crippen LogP contribution in [0.15, 0.2) is 0 Å². The Bertz CT molecular complexity index is 1100. The van der Waals surface area contributed by atoms with Gasteiger partial charge in [-0.25, -0.2) is 0 Å². The second kappa shape index (κ2) is 34.7. The number of ketones is 1. The summed E-state index contributed by atoms with van der Waals surface area (Å²) in [6.07, 6.45) is -5.76. The molecule has 0 heterocycles. The molecular formula is C47H98O19Si2. The van der Waals surface area contributed by atoms with Gasteiger partial charge in [-0.2, -0.15) is 0 Å². The van der Waals surface area contributed by atoms with Crippen molar-refractivity contribution in [3.8, 4) is 0 Å². The van der Waals surface area contributed by atoms with Crippen molar-refractivity contribution in [1.29, 1.82) is 0 Å². The molecule has 0 aromatic rings. The van der Waals surface area contributed by atoms with Gasteiger partial charge >= 0.3 is 17.6 Å². The molecule has 19 nitrogen and oxygen atoms in total. The van der Waals surface area contributed by atoms with E-state index in [2.05, 4.69) is 13.8 Å². The van der Waals surface area contributed by atoms with Crippen LogP contribution in [0.2, 0.25) is 10.1 Å². The fourth-order valence-corrected chi connectivity index (χ4v) is 15.6. The standard InChI is InChI=1S/C47H98O19Si2/c1-23-27-29-31-46(25-3,67(61-39(11)55-33(5)49-17,62-40(12)56-34(6)50-18)63-41(13)57-35(7)51-19)45(48)47(26-4,32-30-28-24-2)68(64-42(14)58-36(8)52-20,65-43(15)59-37(9)53-21)66-44(16)60-38(10)54-22/h33-44H,23-32H2,1-22H3. The van der Waals surface area contributed by atoms with E-state index in [9.17, 15) is 0 Å². The van der Waals surface area contributed by atoms with Crippen LogP contribution in [0.25, 0.3) is 0 Å². The quantitative estimate of drug-likeness (QED) is 0.0319. The zero-order valence-corrected chi connectivity index (χ0v) is 48.3. The number of rotatable bonds is 44. The number of carbonyl (C=O) groups excluding carboxylic acids is 1. The molecule has 68 heavy (non-hydrogen) atoms. The lowest BCUT2D eigenvalue weighted by Crippen LogP contribution is -2.70. The van der Waals surface area contributed by atoms with Gasteiger partial charge in [0.05, 0.1) is 10.1 Å². The normalized spacial score (nSPS) is 21.4. The third-order valence-electron chi connectivity index (χ3n) is 11.9. The Hall–Kier alpha value is -0.616. The number of unbranched alkanes of at least 4 members (excludes halogenated alkanes) is 4. The van der Waals surface area contributed by atoms with Crippen LogP contribution in [0, 0.1) is 0 Å². The van der Waals surface area contributed by atoms with Gasteiger partial charge in [0, 0.05) is 42.7 Å². The minimum absolute atomic E-state index is 0.139. The van der Waals surface area contributed by atoms with Crippen LogP contribution >= 0.6 is 0 Å². The molecule has 0 fully saturated rings. The molecule has 0 spiro atoms. The maximum absolute atomic E-state index is 17.6. The van der Waals surface area contributed by atoms with Crippen LogP contribution in [0.3, 0.4) is 0 Å². The van der Waals surface area contributed by atoms with Gasteiger partial charge in [0.2, 0.25) is 0 Å². The number of Topliss-reactive ketones (excluding diaryl/α,β-unsaturated/α-hetero) is 1. The highest BCUT2D eigenvalue weighted by molar-refractivity contribution is 6.75. The molecule has 0 N–H and O–H groups in total. The summed E-state index contributed by atoms with van der Waals surface area (Å²) < 4.78 is 114. The van der Waals surface area contributed by atoms with Gasteiger partial charge in [-0.3, -0.25) is 4.79 Å². The molecule has 0 radical (unpaired) electrons. The molecule has 0 aromatic heterocycles. The summed E-state index contributed by atoms with van der Waals surface area (Å²) in [5.74, 6) is -0.336. The van der Waals surface area contributed by atoms with E-state index in [-0.39, 0.29) is 31.5 Å². The van der Waals surface area contributed by atoms with Gasteiger partial charge in [-0.05, 0) is 109 Å². The Balaban J connectivity index is 9.52. The molecule has 408 valence electrons. The van der Waals surface area contributed by atoms with Gasteiger partial charge in [0.15, 0.2) is 81.3 Å². The maximum Gasteiger partial charge on any atom is 0.521 e. The van der Waals surface area contributed by atoms with Gasteiger partial charge in [0.25, 0.3) is 0 Å². The average molecular weight is 1020 g/mol. The van der Waals surface area contributed by atoms with Crippen molar-refractivity contribution < 1.29 is 88.2 Å². The minimum Gasteiger partial charge on any atom is -0.356 e. The van der Waals surface area contributed by atoms with Crippen molar-refractivity contribution in [3.05, 3.63) is 0 Å². The van der Waals surface area contributed by atoms with E-state index in [1.165, 1.54) is 42.7 Å². The molecule has 0 aromatic carbocycles. The van der Waals surface area contributed by atoms with Crippen LogP contribution in [0.5, 0.6) is 0 Å². The summed E-state index contributed by atoms with van der Waals surface area (Å²) in [5.41, 5.74) is 0. The second-order valence-corrected chi connectivity index (χ2v) is 22.5. The summed E-state index contributed by atoms with van der Waals surface area (Å²) >= 11 is 0. The Kier molecular flexibility index (Phi) is 34.4. The zero-order valence-electron chi connectivity index (χ0n) is 46.3. The fourth-order valence-electron chi connectivity index (χ4n) is 8.00. The molecule has 0 bridgehead atoms. The molecule has 0 saturated carbocycles. The molecular weight excluding hydrogens is 925 g/mol. The van der Waals surface area contributed by atoms with Crippen molar-refractivity contribution in [2.45, 2.75) is 261 Å². The number of methoxy groups -OCH3 is 6. The molecule has 0 aliphatic rings. The first-order valence-electron chi connectivity index (χ1n) is 24.7. The van der Waals surface area contributed by atoms with E-state index in [0.29, 0.717) is 12.8 Å². The first kappa shape index (κ1) is 67.4. The lowest BCUT2D eigenvalue weighted by Gasteiger charge is -2.54. The number of carbonyl (C=O) groups is 1. The van der Waals surface area contributed by atoms with Crippen LogP contribution in [0.4, 0.5) is 0 Å². The highest BCUT2D eigenvalue weighted by atomic mass is 28.4. The molecule has 0 saturated heterocycles. The Morgan fingerprint density at radius 1 is 0.338 bits per heavy atom. The minimum atomic E-state index is -4.77. The van der Waals surface area contributed by atoms with Crippen LogP contribution in [-0.4, -0.2) is 142 Å². The zero-order chi connectivity index (χ0) is 52.3. The second-order valence-electron chi connectivity index (χ2n) is 17.0. The van der Waals surface area contributed by atoms with Crippen LogP contribution in [-0.2, 0) is 88.2 Å². The third-order valence-corrected chi connectivity index (χ3v) is 19.7. The Labute approximate surface area is 413 Å². The molecule has 14 unspecified atom stereocenters. The number of ether oxygens (including phenoxy) is 12. The molecule has 0 aliphatic carbocycles. The van der Waals surface area contributed by atoms with E-state index in [0.717, 1.165) is 25.7 Å². The smallest absolute Gasteiger partial charge is 0.356 e. The maximum atomic E-state index is 17.6. The predicted octanol–water partition coefficient (Wildman–Crippen LogP) is 10.1. The summed E-state index contributed by atoms with van der Waals surface area (Å²) in [6, 6.07) is 0. The van der Waals surface area contributed by atoms with Crippen LogP contribution < -0.4 is 0 Å². The summed E-state index contributed by atoms with van der Waals surface area (Å²) in [6.45, 7) is 28.7. The molecule has 0 rings (SSSR count). The van der Waals surface area contributed by atoms with Gasteiger partial charge in [-0.1, -0.05) is 66.2 Å². The van der Waals surface area contributed by atoms with Crippen molar-refractivity contribution in [2.75, 3.05) is 42.7 Å². The first-order chi connectivity index (χ1) is 32.0. The summed E-state index contributed by atoms with van der Waals surface area (Å²) in [4.78, 5) is 17.6. The summed E-state index contributed by atoms with van der Waals surface area (Å²) in [5, 5.41) is -3.29. The van der Waals surface area contributed by atoms with Crippen LogP contribution in [0.1, 0.15) is 175 Å². The highest BCUT2D eigenvalue weighted by Crippen LogP contribution is 2.62. The van der Waals surface area contributed by atoms with Gasteiger partial charge < -0.3 is 83.4 Å². The average Bonchev–Trinajstić information content (AvgIpc) is 3.28. The van der Waals surface area contributed by atoms with Crippen molar-refractivity contribution in [1.82, 2.24) is 0 Å². The van der Waals surface area contributed by atoms with Gasteiger partial charge in [-0.15, -0.1) is 0 Å². The monoisotopic (exact) mass is 1020 g/mol. The van der Waals surface area contributed by atoms with Gasteiger partial charge in [0.1, 0.15) is 0 Å². The number of hydrogen-bond donors (Lipinski definition) is 0.